The van der Waals surface area contributed by atoms with Gasteiger partial charge in [-0.05, 0) is 30.2 Å². The fraction of sp³-hybridized carbons (Fsp3) is 0.167. The molecule has 3 aromatic carbocycles. The lowest BCUT2D eigenvalue weighted by Gasteiger charge is -2.15. The third-order valence-corrected chi connectivity index (χ3v) is 4.21. The molecule has 0 radical (unpaired) electrons. The first-order valence-electron chi connectivity index (χ1n) is 9.35. The number of hydrogen-bond acceptors (Lipinski definition) is 5. The maximum Gasteiger partial charge on any atom is 0.342 e. The van der Waals surface area contributed by atoms with Gasteiger partial charge in [0, 0.05) is 0 Å². The van der Waals surface area contributed by atoms with Gasteiger partial charge in [-0.2, -0.15) is 0 Å². The minimum Gasteiger partial charge on any atom is -0.488 e. The van der Waals surface area contributed by atoms with Gasteiger partial charge in [0.15, 0.2) is 6.29 Å². The molecule has 0 aromatic heterocycles. The zero-order valence-electron chi connectivity index (χ0n) is 16.2. The van der Waals surface area contributed by atoms with Gasteiger partial charge in [-0.25, -0.2) is 4.79 Å². The maximum atomic E-state index is 12.5. The minimum atomic E-state index is -0.530. The van der Waals surface area contributed by atoms with Crippen LogP contribution in [0.4, 0.5) is 0 Å². The fourth-order valence-corrected chi connectivity index (χ4v) is 2.75. The van der Waals surface area contributed by atoms with E-state index in [-0.39, 0.29) is 31.1 Å². The number of ether oxygens (including phenoxy) is 3. The SMILES string of the molecule is CCOC(=O)c1cc(OCc2ccccc2)c(C=O)cc1OCc1ccccc1. The summed E-state index contributed by atoms with van der Waals surface area (Å²) in [7, 11) is 0. The number of rotatable bonds is 9. The maximum absolute atomic E-state index is 12.5. The van der Waals surface area contributed by atoms with Crippen LogP contribution in [0.2, 0.25) is 0 Å². The molecule has 0 unspecified atom stereocenters. The molecule has 5 nitrogen and oxygen atoms in total. The standard InChI is InChI=1S/C24H22O5/c1-2-27-24(26)21-14-22(28-16-18-9-5-3-6-10-18)20(15-25)13-23(21)29-17-19-11-7-4-8-12-19/h3-15H,2,16-17H2,1H3. The van der Waals surface area contributed by atoms with Gasteiger partial charge in [-0.1, -0.05) is 60.7 Å². The molecular formula is C24H22O5. The van der Waals surface area contributed by atoms with Crippen LogP contribution < -0.4 is 9.47 Å². The molecule has 5 heteroatoms. The number of esters is 1. The lowest BCUT2D eigenvalue weighted by Crippen LogP contribution is -2.10. The molecule has 0 fully saturated rings. The van der Waals surface area contributed by atoms with Crippen molar-refractivity contribution in [3.8, 4) is 11.5 Å². The molecule has 0 saturated carbocycles. The second kappa shape index (κ2) is 10.1. The van der Waals surface area contributed by atoms with Crippen molar-refractivity contribution >= 4 is 12.3 Å². The Kier molecular flexibility index (Phi) is 7.00. The summed E-state index contributed by atoms with van der Waals surface area (Å²) in [4.78, 5) is 24.1. The first-order chi connectivity index (χ1) is 14.2. The summed E-state index contributed by atoms with van der Waals surface area (Å²) in [6.45, 7) is 2.49. The van der Waals surface area contributed by atoms with E-state index in [1.165, 1.54) is 12.1 Å². The topological polar surface area (TPSA) is 61.8 Å². The Hall–Kier alpha value is -3.60. The Morgan fingerprint density at radius 3 is 1.90 bits per heavy atom. The van der Waals surface area contributed by atoms with Crippen molar-refractivity contribution < 1.29 is 23.8 Å². The summed E-state index contributed by atoms with van der Waals surface area (Å²) >= 11 is 0. The van der Waals surface area contributed by atoms with Crippen LogP contribution in [0.3, 0.4) is 0 Å². The van der Waals surface area contributed by atoms with Crippen molar-refractivity contribution in [1.82, 2.24) is 0 Å². The Morgan fingerprint density at radius 2 is 1.38 bits per heavy atom. The molecule has 0 heterocycles. The average Bonchev–Trinajstić information content (AvgIpc) is 2.77. The van der Waals surface area contributed by atoms with E-state index in [4.69, 9.17) is 14.2 Å². The second-order valence-electron chi connectivity index (χ2n) is 6.27. The van der Waals surface area contributed by atoms with E-state index in [1.807, 2.05) is 60.7 Å². The highest BCUT2D eigenvalue weighted by atomic mass is 16.5. The summed E-state index contributed by atoms with van der Waals surface area (Å²) in [5, 5.41) is 0. The van der Waals surface area contributed by atoms with Crippen LogP contribution in [0.1, 0.15) is 38.8 Å². The Labute approximate surface area is 169 Å². The van der Waals surface area contributed by atoms with Crippen molar-refractivity contribution in [2.75, 3.05) is 6.61 Å². The smallest absolute Gasteiger partial charge is 0.342 e. The first kappa shape index (κ1) is 20.1. The van der Waals surface area contributed by atoms with Crippen molar-refractivity contribution in [2.24, 2.45) is 0 Å². The number of carbonyl (C=O) groups is 2. The lowest BCUT2D eigenvalue weighted by atomic mass is 10.1. The van der Waals surface area contributed by atoms with Gasteiger partial charge in [-0.3, -0.25) is 4.79 Å². The van der Waals surface area contributed by atoms with Crippen molar-refractivity contribution in [2.45, 2.75) is 20.1 Å². The third-order valence-electron chi connectivity index (χ3n) is 4.21. The van der Waals surface area contributed by atoms with E-state index in [0.717, 1.165) is 11.1 Å². The van der Waals surface area contributed by atoms with Gasteiger partial charge >= 0.3 is 5.97 Å². The van der Waals surface area contributed by atoms with Gasteiger partial charge in [-0.15, -0.1) is 0 Å². The molecular weight excluding hydrogens is 368 g/mol. The van der Waals surface area contributed by atoms with Gasteiger partial charge in [0.25, 0.3) is 0 Å². The van der Waals surface area contributed by atoms with Crippen molar-refractivity contribution in [3.05, 3.63) is 95.1 Å². The van der Waals surface area contributed by atoms with E-state index in [2.05, 4.69) is 0 Å². The quantitative estimate of drug-likeness (QED) is 0.387. The van der Waals surface area contributed by atoms with E-state index >= 15 is 0 Å². The first-order valence-corrected chi connectivity index (χ1v) is 9.35. The Balaban J connectivity index is 1.87. The largest absolute Gasteiger partial charge is 0.488 e. The fourth-order valence-electron chi connectivity index (χ4n) is 2.75. The molecule has 0 aliphatic carbocycles. The predicted octanol–water partition coefficient (Wildman–Crippen LogP) is 4.83. The van der Waals surface area contributed by atoms with Crippen LogP contribution in [0.5, 0.6) is 11.5 Å². The minimum absolute atomic E-state index is 0.219. The number of benzene rings is 3. The highest BCUT2D eigenvalue weighted by molar-refractivity contribution is 5.95. The van der Waals surface area contributed by atoms with Gasteiger partial charge in [0.2, 0.25) is 0 Å². The average molecular weight is 390 g/mol. The van der Waals surface area contributed by atoms with Crippen LogP contribution >= 0.6 is 0 Å². The number of hydrogen-bond donors (Lipinski definition) is 0. The predicted molar refractivity (Wildman–Crippen MR) is 109 cm³/mol. The summed E-state index contributed by atoms with van der Waals surface area (Å²) in [5.41, 5.74) is 2.42. The molecule has 0 N–H and O–H groups in total. The molecule has 0 aliphatic rings. The zero-order valence-corrected chi connectivity index (χ0v) is 16.2. The summed E-state index contributed by atoms with van der Waals surface area (Å²) in [6, 6.07) is 22.2. The summed E-state index contributed by atoms with van der Waals surface area (Å²) in [6.07, 6.45) is 0.685. The molecule has 29 heavy (non-hydrogen) atoms. The van der Waals surface area contributed by atoms with Crippen LogP contribution in [0.15, 0.2) is 72.8 Å². The Morgan fingerprint density at radius 1 is 0.828 bits per heavy atom. The highest BCUT2D eigenvalue weighted by Crippen LogP contribution is 2.30. The van der Waals surface area contributed by atoms with Gasteiger partial charge in [0.05, 0.1) is 12.2 Å². The molecule has 0 saturated heterocycles. The van der Waals surface area contributed by atoms with Crippen molar-refractivity contribution in [1.29, 1.82) is 0 Å². The van der Waals surface area contributed by atoms with Crippen LogP contribution in [-0.2, 0) is 18.0 Å². The highest BCUT2D eigenvalue weighted by Gasteiger charge is 2.19. The Bertz CT molecular complexity index is 952. The molecule has 0 amide bonds. The van der Waals surface area contributed by atoms with Crippen LogP contribution in [0.25, 0.3) is 0 Å². The molecule has 3 rings (SSSR count). The van der Waals surface area contributed by atoms with Crippen molar-refractivity contribution in [3.63, 3.8) is 0 Å². The normalized spacial score (nSPS) is 10.2. The van der Waals surface area contributed by atoms with Crippen LogP contribution in [-0.4, -0.2) is 18.9 Å². The molecule has 3 aromatic rings. The number of carbonyl (C=O) groups excluding carboxylic acids is 2. The zero-order chi connectivity index (χ0) is 20.5. The second-order valence-corrected chi connectivity index (χ2v) is 6.27. The van der Waals surface area contributed by atoms with Crippen LogP contribution in [0, 0.1) is 0 Å². The molecule has 148 valence electrons. The van der Waals surface area contributed by atoms with Gasteiger partial charge < -0.3 is 14.2 Å². The monoisotopic (exact) mass is 390 g/mol. The molecule has 0 atom stereocenters. The van der Waals surface area contributed by atoms with E-state index in [1.54, 1.807) is 6.92 Å². The summed E-state index contributed by atoms with van der Waals surface area (Å²) in [5.74, 6) is 0.0537. The van der Waals surface area contributed by atoms with Gasteiger partial charge in [0.1, 0.15) is 30.3 Å². The van der Waals surface area contributed by atoms with E-state index in [0.29, 0.717) is 17.6 Å². The van der Waals surface area contributed by atoms with E-state index < -0.39 is 5.97 Å². The number of aldehydes is 1. The molecule has 0 aliphatic heterocycles. The lowest BCUT2D eigenvalue weighted by molar-refractivity contribution is 0.0520. The molecule has 0 spiro atoms. The summed E-state index contributed by atoms with van der Waals surface area (Å²) < 4.78 is 16.8. The molecule has 0 bridgehead atoms. The third kappa shape index (κ3) is 5.45. The van der Waals surface area contributed by atoms with E-state index in [9.17, 15) is 9.59 Å².